The molecule has 0 bridgehead atoms. The van der Waals surface area contributed by atoms with Gasteiger partial charge in [-0.25, -0.2) is 0 Å². The summed E-state index contributed by atoms with van der Waals surface area (Å²) >= 11 is -0.484. The Kier molecular flexibility index (Phi) is 4.79. The van der Waals surface area contributed by atoms with Gasteiger partial charge in [0.25, 0.3) is 0 Å². The van der Waals surface area contributed by atoms with E-state index in [9.17, 15) is 0 Å². The summed E-state index contributed by atoms with van der Waals surface area (Å²) in [5, 5.41) is 0. The molecule has 0 amide bonds. The Hall–Kier alpha value is -2.85. The third-order valence-corrected chi connectivity index (χ3v) is 11.6. The summed E-state index contributed by atoms with van der Waals surface area (Å²) in [7, 11) is 0. The molecular weight excluding hydrogens is 536 g/mol. The van der Waals surface area contributed by atoms with Crippen molar-refractivity contribution in [2.75, 3.05) is 0 Å². The second-order valence-corrected chi connectivity index (χ2v) is 13.4. The summed E-state index contributed by atoms with van der Waals surface area (Å²) in [6.45, 7) is 9.26. The van der Waals surface area contributed by atoms with Crippen LogP contribution < -0.4 is 0 Å². The molecule has 4 aromatic carbocycles. The van der Waals surface area contributed by atoms with E-state index < -0.39 is 20.4 Å². The van der Waals surface area contributed by atoms with Gasteiger partial charge in [-0.1, -0.05) is 0 Å². The van der Waals surface area contributed by atoms with Gasteiger partial charge in [-0.05, 0) is 0 Å². The standard InChI is InChI=1S/C34H28Te/c1-19-15-27-25-11-7-5-9-23(25)17-29(27)33(21(19)3)31-13-14-32(35-31)34-22(4)20(2)16-28-26-12-8-6-10-24(26)18-30(28)34/h5-16H,17-18H2,1-4H3. The van der Waals surface area contributed by atoms with Gasteiger partial charge in [-0.15, -0.1) is 0 Å². The van der Waals surface area contributed by atoms with Crippen LogP contribution in [0, 0.1) is 27.7 Å². The first-order valence-corrected chi connectivity index (χ1v) is 14.9. The van der Waals surface area contributed by atoms with E-state index >= 15 is 0 Å². The second kappa shape index (κ2) is 7.83. The van der Waals surface area contributed by atoms with Gasteiger partial charge < -0.3 is 0 Å². The van der Waals surface area contributed by atoms with Crippen LogP contribution in [0.4, 0.5) is 0 Å². The normalized spacial score (nSPS) is 12.9. The third kappa shape index (κ3) is 3.12. The maximum absolute atomic E-state index is 2.47. The van der Waals surface area contributed by atoms with Gasteiger partial charge in [-0.3, -0.25) is 0 Å². The molecule has 1 heterocycles. The summed E-state index contributed by atoms with van der Waals surface area (Å²) in [4.78, 5) is 0. The van der Waals surface area contributed by atoms with Crippen molar-refractivity contribution in [2.24, 2.45) is 0 Å². The fourth-order valence-corrected chi connectivity index (χ4v) is 9.93. The maximum atomic E-state index is 2.47. The van der Waals surface area contributed by atoms with Crippen LogP contribution in [0.5, 0.6) is 0 Å². The number of fused-ring (bicyclic) bond motifs is 6. The molecule has 0 atom stereocenters. The van der Waals surface area contributed by atoms with Crippen molar-refractivity contribution in [1.29, 1.82) is 0 Å². The van der Waals surface area contributed by atoms with Crippen LogP contribution in [0.25, 0.3) is 40.5 Å². The Labute approximate surface area is 217 Å². The van der Waals surface area contributed by atoms with Gasteiger partial charge in [0.05, 0.1) is 0 Å². The van der Waals surface area contributed by atoms with Gasteiger partial charge >= 0.3 is 219 Å². The van der Waals surface area contributed by atoms with Gasteiger partial charge in [0.1, 0.15) is 0 Å². The number of rotatable bonds is 2. The minimum atomic E-state index is -0.484. The average molecular weight is 564 g/mol. The fourth-order valence-electron chi connectivity index (χ4n) is 6.32. The predicted molar refractivity (Wildman–Crippen MR) is 150 cm³/mol. The topological polar surface area (TPSA) is 0 Å². The summed E-state index contributed by atoms with van der Waals surface area (Å²) in [5.41, 5.74) is 20.7. The monoisotopic (exact) mass is 566 g/mol. The van der Waals surface area contributed by atoms with Crippen molar-refractivity contribution in [1.82, 2.24) is 0 Å². The molecule has 2 aliphatic rings. The first-order chi connectivity index (χ1) is 17.0. The molecule has 7 rings (SSSR count). The Morgan fingerprint density at radius 3 is 1.40 bits per heavy atom. The van der Waals surface area contributed by atoms with E-state index in [1.807, 2.05) is 0 Å². The van der Waals surface area contributed by atoms with Gasteiger partial charge in [0.2, 0.25) is 0 Å². The Morgan fingerprint density at radius 2 is 0.943 bits per heavy atom. The van der Waals surface area contributed by atoms with E-state index in [0.29, 0.717) is 0 Å². The molecule has 35 heavy (non-hydrogen) atoms. The summed E-state index contributed by atoms with van der Waals surface area (Å²) in [6, 6.07) is 27.8. The van der Waals surface area contributed by atoms with Gasteiger partial charge in [-0.2, -0.15) is 0 Å². The molecule has 170 valence electrons. The van der Waals surface area contributed by atoms with Crippen LogP contribution in [-0.4, -0.2) is 20.4 Å². The van der Waals surface area contributed by atoms with Crippen molar-refractivity contribution >= 4 is 20.4 Å². The zero-order chi connectivity index (χ0) is 23.8. The third-order valence-electron chi connectivity index (χ3n) is 8.36. The van der Waals surface area contributed by atoms with E-state index in [-0.39, 0.29) is 0 Å². The quantitative estimate of drug-likeness (QED) is 0.185. The van der Waals surface area contributed by atoms with E-state index in [1.165, 1.54) is 55.6 Å². The molecule has 1 heteroatoms. The first-order valence-electron chi connectivity index (χ1n) is 12.5. The Bertz CT molecular complexity index is 1550. The number of benzene rings is 4. The Balaban J connectivity index is 1.41. The van der Waals surface area contributed by atoms with Gasteiger partial charge in [0.15, 0.2) is 0 Å². The van der Waals surface area contributed by atoms with Crippen LogP contribution in [-0.2, 0) is 12.8 Å². The second-order valence-electron chi connectivity index (χ2n) is 10.3. The van der Waals surface area contributed by atoms with Crippen molar-refractivity contribution in [3.05, 3.63) is 117 Å². The molecule has 0 nitrogen and oxygen atoms in total. The SMILES string of the molecule is Cc1cc2c(c(-c3ccc(-c4c(C)c(C)cc5c4Cc4ccccc4-5)[te]3)c1C)Cc1ccccc1-2. The van der Waals surface area contributed by atoms with E-state index in [1.54, 1.807) is 29.4 Å². The molecule has 2 aliphatic carbocycles. The van der Waals surface area contributed by atoms with Crippen LogP contribution in [0.3, 0.4) is 0 Å². The van der Waals surface area contributed by atoms with E-state index in [2.05, 4.69) is 100 Å². The van der Waals surface area contributed by atoms with Crippen LogP contribution in [0.2, 0.25) is 0 Å². The number of hydrogen-bond acceptors (Lipinski definition) is 0. The molecule has 0 unspecified atom stereocenters. The molecule has 0 saturated heterocycles. The molecule has 5 aromatic rings. The zero-order valence-corrected chi connectivity index (χ0v) is 23.1. The molecule has 0 N–H and O–H groups in total. The number of hydrogen-bond donors (Lipinski definition) is 0. The molecule has 0 spiro atoms. The molecule has 1 aromatic heterocycles. The summed E-state index contributed by atoms with van der Waals surface area (Å²) in [5.74, 6) is 0. The number of aryl methyl sites for hydroxylation is 2. The molecule has 0 aliphatic heterocycles. The van der Waals surface area contributed by atoms with Crippen molar-refractivity contribution < 1.29 is 0 Å². The minimum absolute atomic E-state index is 0.484. The van der Waals surface area contributed by atoms with Crippen molar-refractivity contribution in [3.63, 3.8) is 0 Å². The van der Waals surface area contributed by atoms with Crippen LogP contribution in [0.1, 0.15) is 44.5 Å². The molecule has 0 saturated carbocycles. The molecule has 0 fully saturated rings. The van der Waals surface area contributed by atoms with Gasteiger partial charge in [0, 0.05) is 0 Å². The first kappa shape index (κ1) is 21.4. The summed E-state index contributed by atoms with van der Waals surface area (Å²) < 4.78 is 3.22. The molecular formula is C34H28Te. The molecule has 0 radical (unpaired) electrons. The van der Waals surface area contributed by atoms with E-state index in [0.717, 1.165) is 12.8 Å². The summed E-state index contributed by atoms with van der Waals surface area (Å²) in [6.07, 6.45) is 2.13. The Morgan fingerprint density at radius 1 is 0.514 bits per heavy atom. The van der Waals surface area contributed by atoms with Crippen molar-refractivity contribution in [3.8, 4) is 40.5 Å². The van der Waals surface area contributed by atoms with E-state index in [4.69, 9.17) is 0 Å². The fraction of sp³-hybridized carbons (Fsp3) is 0.176. The van der Waals surface area contributed by atoms with Crippen LogP contribution >= 0.6 is 0 Å². The van der Waals surface area contributed by atoms with Crippen LogP contribution in [0.15, 0.2) is 72.8 Å². The average Bonchev–Trinajstić information content (AvgIpc) is 3.57. The predicted octanol–water partition coefficient (Wildman–Crippen LogP) is 8.45. The zero-order valence-electron chi connectivity index (χ0n) is 20.8. The van der Waals surface area contributed by atoms with Crippen molar-refractivity contribution in [2.45, 2.75) is 40.5 Å².